The van der Waals surface area contributed by atoms with Crippen LogP contribution in [0.3, 0.4) is 0 Å². The van der Waals surface area contributed by atoms with Crippen LogP contribution in [0.2, 0.25) is 0 Å². The summed E-state index contributed by atoms with van der Waals surface area (Å²) in [4.78, 5) is 12.1. The average molecular weight is 270 g/mol. The van der Waals surface area contributed by atoms with Gasteiger partial charge in [0.15, 0.2) is 0 Å². The van der Waals surface area contributed by atoms with Crippen molar-refractivity contribution < 1.29 is 4.79 Å². The fraction of sp³-hybridized carbons (Fsp3) is 0.529. The molecule has 0 radical (unpaired) electrons. The van der Waals surface area contributed by atoms with Crippen LogP contribution in [0.5, 0.6) is 0 Å². The second kappa shape index (κ2) is 6.21. The van der Waals surface area contributed by atoms with E-state index in [4.69, 9.17) is 0 Å². The zero-order valence-corrected chi connectivity index (χ0v) is 11.9. The number of aryl methyl sites for hydroxylation is 1. The van der Waals surface area contributed by atoms with Crippen molar-refractivity contribution in [1.82, 2.24) is 5.43 Å². The molecule has 106 valence electrons. The molecular formula is C17H22N2O. The van der Waals surface area contributed by atoms with Crippen LogP contribution in [0.15, 0.2) is 29.4 Å². The minimum Gasteiger partial charge on any atom is -0.273 e. The molecule has 3 nitrogen and oxygen atoms in total. The third-order valence-corrected chi connectivity index (χ3v) is 4.46. The van der Waals surface area contributed by atoms with Gasteiger partial charge in [0.05, 0.1) is 5.71 Å². The molecule has 1 aromatic carbocycles. The molecule has 2 aliphatic rings. The van der Waals surface area contributed by atoms with Gasteiger partial charge in [-0.15, -0.1) is 0 Å². The molecule has 1 fully saturated rings. The van der Waals surface area contributed by atoms with Gasteiger partial charge in [-0.25, -0.2) is 5.43 Å². The van der Waals surface area contributed by atoms with Crippen molar-refractivity contribution >= 4 is 11.6 Å². The highest BCUT2D eigenvalue weighted by Gasteiger charge is 2.21. The maximum absolute atomic E-state index is 12.1. The van der Waals surface area contributed by atoms with Gasteiger partial charge in [-0.3, -0.25) is 4.79 Å². The number of nitrogens with zero attached hydrogens (tertiary/aromatic N) is 1. The van der Waals surface area contributed by atoms with Gasteiger partial charge >= 0.3 is 0 Å². The minimum atomic E-state index is 0.111. The number of hydrogen-bond acceptors (Lipinski definition) is 2. The highest BCUT2D eigenvalue weighted by atomic mass is 16.2. The van der Waals surface area contributed by atoms with E-state index in [-0.39, 0.29) is 11.8 Å². The van der Waals surface area contributed by atoms with E-state index in [0.717, 1.165) is 37.8 Å². The second-order valence-corrected chi connectivity index (χ2v) is 5.88. The number of benzene rings is 1. The first-order valence-corrected chi connectivity index (χ1v) is 7.79. The predicted octanol–water partition coefficient (Wildman–Crippen LogP) is 3.42. The van der Waals surface area contributed by atoms with Gasteiger partial charge in [0.1, 0.15) is 0 Å². The standard InChI is InChI=1S/C17H22N2O/c20-17(14-8-2-1-3-9-14)19-18-16-12-6-10-13-7-4-5-11-15(13)16/h4-5,7,11,14H,1-3,6,8-10,12H2,(H,19,20)/b18-16+. The highest BCUT2D eigenvalue weighted by Crippen LogP contribution is 2.24. The van der Waals surface area contributed by atoms with Crippen LogP contribution in [0.1, 0.15) is 56.1 Å². The van der Waals surface area contributed by atoms with Gasteiger partial charge < -0.3 is 0 Å². The summed E-state index contributed by atoms with van der Waals surface area (Å²) in [5.41, 5.74) is 6.41. The number of hydrazone groups is 1. The summed E-state index contributed by atoms with van der Waals surface area (Å²) in [6.45, 7) is 0. The number of nitrogens with one attached hydrogen (secondary N) is 1. The lowest BCUT2D eigenvalue weighted by Gasteiger charge is -2.21. The number of rotatable bonds is 2. The Morgan fingerprint density at radius 2 is 1.85 bits per heavy atom. The van der Waals surface area contributed by atoms with Crippen LogP contribution in [-0.2, 0) is 11.2 Å². The summed E-state index contributed by atoms with van der Waals surface area (Å²) >= 11 is 0. The average Bonchev–Trinajstić information content (AvgIpc) is 2.53. The number of carbonyl (C=O) groups excluding carboxylic acids is 1. The normalized spacial score (nSPS) is 21.5. The van der Waals surface area contributed by atoms with E-state index < -0.39 is 0 Å². The molecule has 0 unspecified atom stereocenters. The second-order valence-electron chi connectivity index (χ2n) is 5.88. The molecule has 1 amide bonds. The molecule has 0 bridgehead atoms. The minimum absolute atomic E-state index is 0.111. The van der Waals surface area contributed by atoms with Crippen LogP contribution >= 0.6 is 0 Å². The van der Waals surface area contributed by atoms with E-state index in [1.165, 1.54) is 30.4 Å². The van der Waals surface area contributed by atoms with E-state index in [1.807, 2.05) is 6.07 Å². The third-order valence-electron chi connectivity index (χ3n) is 4.46. The summed E-state index contributed by atoms with van der Waals surface area (Å²) in [5.74, 6) is 0.284. The van der Waals surface area contributed by atoms with Crippen molar-refractivity contribution in [3.8, 4) is 0 Å². The molecule has 2 aliphatic carbocycles. The lowest BCUT2D eigenvalue weighted by Crippen LogP contribution is -2.29. The maximum atomic E-state index is 12.1. The molecule has 0 spiro atoms. The van der Waals surface area contributed by atoms with E-state index in [9.17, 15) is 4.79 Å². The first-order valence-electron chi connectivity index (χ1n) is 7.79. The van der Waals surface area contributed by atoms with Gasteiger partial charge in [-0.1, -0.05) is 43.5 Å². The van der Waals surface area contributed by atoms with Crippen molar-refractivity contribution in [3.05, 3.63) is 35.4 Å². The molecule has 1 aromatic rings. The SMILES string of the molecule is O=C(N/N=C1\CCCc2ccccc21)C1CCCCC1. The van der Waals surface area contributed by atoms with Crippen molar-refractivity contribution in [3.63, 3.8) is 0 Å². The van der Waals surface area contributed by atoms with E-state index in [1.54, 1.807) is 0 Å². The number of carbonyl (C=O) groups is 1. The Morgan fingerprint density at radius 3 is 2.70 bits per heavy atom. The van der Waals surface area contributed by atoms with Crippen LogP contribution < -0.4 is 5.43 Å². The van der Waals surface area contributed by atoms with Crippen LogP contribution in [-0.4, -0.2) is 11.6 Å². The lowest BCUT2D eigenvalue weighted by atomic mass is 9.89. The van der Waals surface area contributed by atoms with Crippen molar-refractivity contribution in [2.24, 2.45) is 11.0 Å². The number of fused-ring (bicyclic) bond motifs is 1. The smallest absolute Gasteiger partial charge is 0.243 e. The zero-order valence-electron chi connectivity index (χ0n) is 11.9. The number of amides is 1. The van der Waals surface area contributed by atoms with Gasteiger partial charge in [-0.2, -0.15) is 5.10 Å². The monoisotopic (exact) mass is 270 g/mol. The topological polar surface area (TPSA) is 41.5 Å². The quantitative estimate of drug-likeness (QED) is 0.822. The van der Waals surface area contributed by atoms with Gasteiger partial charge in [0, 0.05) is 11.5 Å². The summed E-state index contributed by atoms with van der Waals surface area (Å²) in [7, 11) is 0. The Hall–Kier alpha value is -1.64. The van der Waals surface area contributed by atoms with E-state index in [0.29, 0.717) is 0 Å². The molecular weight excluding hydrogens is 248 g/mol. The Morgan fingerprint density at radius 1 is 1.05 bits per heavy atom. The molecule has 3 rings (SSSR count). The van der Waals surface area contributed by atoms with E-state index in [2.05, 4.69) is 28.7 Å². The molecule has 1 N–H and O–H groups in total. The van der Waals surface area contributed by atoms with Gasteiger partial charge in [0.25, 0.3) is 0 Å². The van der Waals surface area contributed by atoms with Crippen molar-refractivity contribution in [1.29, 1.82) is 0 Å². The van der Waals surface area contributed by atoms with Crippen molar-refractivity contribution in [2.45, 2.75) is 51.4 Å². The summed E-state index contributed by atoms with van der Waals surface area (Å²) in [6.07, 6.45) is 8.87. The van der Waals surface area contributed by atoms with Gasteiger partial charge in [0.2, 0.25) is 5.91 Å². The number of hydrogen-bond donors (Lipinski definition) is 1. The maximum Gasteiger partial charge on any atom is 0.243 e. The Labute approximate surface area is 120 Å². The third kappa shape index (κ3) is 2.92. The highest BCUT2D eigenvalue weighted by molar-refractivity contribution is 6.03. The van der Waals surface area contributed by atoms with Crippen molar-refractivity contribution in [2.75, 3.05) is 0 Å². The molecule has 0 heterocycles. The fourth-order valence-electron chi connectivity index (χ4n) is 3.30. The zero-order chi connectivity index (χ0) is 13.8. The summed E-state index contributed by atoms with van der Waals surface area (Å²) < 4.78 is 0. The van der Waals surface area contributed by atoms with Crippen LogP contribution in [0.4, 0.5) is 0 Å². The Bertz CT molecular complexity index is 515. The van der Waals surface area contributed by atoms with Gasteiger partial charge in [-0.05, 0) is 37.7 Å². The molecule has 0 saturated heterocycles. The lowest BCUT2D eigenvalue weighted by molar-refractivity contribution is -0.125. The Kier molecular flexibility index (Phi) is 4.14. The van der Waals surface area contributed by atoms with Crippen LogP contribution in [0.25, 0.3) is 0 Å². The largest absolute Gasteiger partial charge is 0.273 e. The molecule has 1 saturated carbocycles. The molecule has 0 atom stereocenters. The predicted molar refractivity (Wildman–Crippen MR) is 80.6 cm³/mol. The van der Waals surface area contributed by atoms with Crippen LogP contribution in [0, 0.1) is 5.92 Å². The molecule has 3 heteroatoms. The molecule has 0 aliphatic heterocycles. The summed E-state index contributed by atoms with van der Waals surface area (Å²) in [5, 5.41) is 4.42. The molecule has 0 aromatic heterocycles. The summed E-state index contributed by atoms with van der Waals surface area (Å²) in [6, 6.07) is 8.39. The fourth-order valence-corrected chi connectivity index (χ4v) is 3.30. The Balaban J connectivity index is 1.69. The molecule has 20 heavy (non-hydrogen) atoms. The first kappa shape index (κ1) is 13.3. The van der Waals surface area contributed by atoms with E-state index >= 15 is 0 Å². The first-order chi connectivity index (χ1) is 9.84.